The fourth-order valence-corrected chi connectivity index (χ4v) is 4.70. The molecule has 0 amide bonds. The summed E-state index contributed by atoms with van der Waals surface area (Å²) in [4.78, 5) is 3.23. The zero-order valence-electron chi connectivity index (χ0n) is 12.1. The lowest BCUT2D eigenvalue weighted by molar-refractivity contribution is 0.344. The normalized spacial score (nSPS) is 16.4. The Morgan fingerprint density at radius 3 is 2.67 bits per heavy atom. The third-order valence-electron chi connectivity index (χ3n) is 3.48. The highest BCUT2D eigenvalue weighted by Crippen LogP contribution is 2.24. The van der Waals surface area contributed by atoms with Gasteiger partial charge in [-0.15, -0.1) is 11.8 Å². The Hall–Kier alpha value is -0.760. The van der Waals surface area contributed by atoms with E-state index in [2.05, 4.69) is 9.62 Å². The molecule has 1 aliphatic heterocycles. The smallest absolute Gasteiger partial charge is 0.212 e. The second-order valence-electron chi connectivity index (χ2n) is 5.15. The van der Waals surface area contributed by atoms with Crippen molar-refractivity contribution in [2.24, 2.45) is 0 Å². The zero-order chi connectivity index (χ0) is 15.1. The summed E-state index contributed by atoms with van der Waals surface area (Å²) in [5.41, 5.74) is 6.53. The molecule has 0 saturated carbocycles. The van der Waals surface area contributed by atoms with Gasteiger partial charge < -0.3 is 10.6 Å². The van der Waals surface area contributed by atoms with E-state index in [4.69, 9.17) is 5.73 Å². The molecular weight excluding hydrogens is 306 g/mol. The second kappa shape index (κ2) is 8.03. The number of hydrogen-bond acceptors (Lipinski definition) is 5. The van der Waals surface area contributed by atoms with Crippen molar-refractivity contribution < 1.29 is 8.42 Å². The molecule has 1 fully saturated rings. The monoisotopic (exact) mass is 329 g/mol. The molecular formula is C14H23N3O2S2. The summed E-state index contributed by atoms with van der Waals surface area (Å²) in [7, 11) is -3.19. The van der Waals surface area contributed by atoms with Crippen molar-refractivity contribution in [3.05, 3.63) is 24.3 Å². The number of nitrogens with zero attached hydrogens (tertiary/aromatic N) is 1. The van der Waals surface area contributed by atoms with Gasteiger partial charge in [0.2, 0.25) is 10.0 Å². The number of hydrogen-bond donors (Lipinski definition) is 2. The third-order valence-corrected chi connectivity index (χ3v) is 6.21. The summed E-state index contributed by atoms with van der Waals surface area (Å²) in [6.07, 6.45) is 2.45. The van der Waals surface area contributed by atoms with Crippen LogP contribution in [0.2, 0.25) is 0 Å². The summed E-state index contributed by atoms with van der Waals surface area (Å²) in [5, 5.41) is 0. The minimum absolute atomic E-state index is 0.117. The molecule has 0 radical (unpaired) electrons. The van der Waals surface area contributed by atoms with Gasteiger partial charge in [-0.25, -0.2) is 13.1 Å². The molecule has 1 aliphatic rings. The van der Waals surface area contributed by atoms with Gasteiger partial charge in [0.1, 0.15) is 0 Å². The van der Waals surface area contributed by atoms with Crippen molar-refractivity contribution in [2.45, 2.75) is 17.7 Å². The van der Waals surface area contributed by atoms with Crippen LogP contribution in [-0.4, -0.2) is 51.0 Å². The molecule has 1 heterocycles. The Bertz CT molecular complexity index is 543. The van der Waals surface area contributed by atoms with Gasteiger partial charge in [-0.05, 0) is 38.1 Å². The van der Waals surface area contributed by atoms with E-state index in [1.54, 1.807) is 0 Å². The predicted octanol–water partition coefficient (Wildman–Crippen LogP) is 1.38. The lowest BCUT2D eigenvalue weighted by atomic mass is 10.3. The third kappa shape index (κ3) is 5.86. The van der Waals surface area contributed by atoms with Crippen LogP contribution >= 0.6 is 11.8 Å². The topological polar surface area (TPSA) is 75.4 Å². The van der Waals surface area contributed by atoms with Crippen LogP contribution in [0.25, 0.3) is 0 Å². The summed E-state index contributed by atoms with van der Waals surface area (Å²) in [5.74, 6) is 0.624. The maximum Gasteiger partial charge on any atom is 0.212 e. The van der Waals surface area contributed by atoms with Gasteiger partial charge in [0, 0.05) is 29.4 Å². The quantitative estimate of drug-likeness (QED) is 0.557. The first kappa shape index (κ1) is 16.6. The van der Waals surface area contributed by atoms with Crippen LogP contribution in [-0.2, 0) is 10.0 Å². The lowest BCUT2D eigenvalue weighted by Crippen LogP contribution is -2.35. The Morgan fingerprint density at radius 2 is 1.95 bits per heavy atom. The van der Waals surface area contributed by atoms with Gasteiger partial charge in [0.05, 0.1) is 5.75 Å². The van der Waals surface area contributed by atoms with Crippen LogP contribution < -0.4 is 10.5 Å². The van der Waals surface area contributed by atoms with Crippen LogP contribution in [0.4, 0.5) is 5.69 Å². The van der Waals surface area contributed by atoms with Gasteiger partial charge >= 0.3 is 0 Å². The molecule has 1 aromatic rings. The average Bonchev–Trinajstić information content (AvgIpc) is 2.94. The molecule has 0 unspecified atom stereocenters. The Balaban J connectivity index is 1.67. The first-order chi connectivity index (χ1) is 10.1. The number of para-hydroxylation sites is 1. The van der Waals surface area contributed by atoms with Gasteiger partial charge in [-0.3, -0.25) is 0 Å². The fourth-order valence-electron chi connectivity index (χ4n) is 2.31. The Kier molecular flexibility index (Phi) is 6.35. The van der Waals surface area contributed by atoms with Crippen molar-refractivity contribution >= 4 is 27.5 Å². The van der Waals surface area contributed by atoms with Crippen molar-refractivity contribution in [1.29, 1.82) is 0 Å². The molecule has 0 aliphatic carbocycles. The molecule has 1 saturated heterocycles. The van der Waals surface area contributed by atoms with Crippen molar-refractivity contribution in [3.63, 3.8) is 0 Å². The summed E-state index contributed by atoms with van der Waals surface area (Å²) < 4.78 is 26.5. The van der Waals surface area contributed by atoms with E-state index in [1.807, 2.05) is 24.3 Å². The number of benzene rings is 1. The van der Waals surface area contributed by atoms with E-state index < -0.39 is 10.0 Å². The zero-order valence-corrected chi connectivity index (χ0v) is 13.8. The molecule has 21 heavy (non-hydrogen) atoms. The van der Waals surface area contributed by atoms with E-state index >= 15 is 0 Å². The number of likely N-dealkylation sites (tertiary alicyclic amines) is 1. The van der Waals surface area contributed by atoms with E-state index in [0.29, 0.717) is 18.0 Å². The largest absolute Gasteiger partial charge is 0.398 e. The van der Waals surface area contributed by atoms with Gasteiger partial charge in [-0.2, -0.15) is 0 Å². The maximum absolute atomic E-state index is 11.9. The molecule has 2 rings (SSSR count). The number of rotatable bonds is 8. The van der Waals surface area contributed by atoms with Crippen LogP contribution in [0.1, 0.15) is 12.8 Å². The fraction of sp³-hybridized carbons (Fsp3) is 0.571. The number of nitrogen functional groups attached to an aromatic ring is 1. The number of thioether (sulfide) groups is 1. The van der Waals surface area contributed by atoms with Gasteiger partial charge in [-0.1, -0.05) is 12.1 Å². The first-order valence-corrected chi connectivity index (χ1v) is 9.88. The summed E-state index contributed by atoms with van der Waals surface area (Å²) in [6, 6.07) is 7.51. The minimum Gasteiger partial charge on any atom is -0.398 e. The predicted molar refractivity (Wildman–Crippen MR) is 89.0 cm³/mol. The highest BCUT2D eigenvalue weighted by Gasteiger charge is 2.14. The molecule has 7 heteroatoms. The molecule has 0 spiro atoms. The van der Waals surface area contributed by atoms with Gasteiger partial charge in [0.15, 0.2) is 0 Å². The Morgan fingerprint density at radius 1 is 1.24 bits per heavy atom. The first-order valence-electron chi connectivity index (χ1n) is 7.24. The molecule has 0 atom stereocenters. The number of anilines is 1. The highest BCUT2D eigenvalue weighted by atomic mass is 32.2. The maximum atomic E-state index is 11.9. The standard InChI is InChI=1S/C14H23N3O2S2/c15-13-5-1-2-6-14(13)20-11-12-21(18,19)16-7-10-17-8-3-4-9-17/h1-2,5-6,16H,3-4,7-12,15H2. The minimum atomic E-state index is -3.19. The van der Waals surface area contributed by atoms with Gasteiger partial charge in [0.25, 0.3) is 0 Å². The second-order valence-corrected chi connectivity index (χ2v) is 8.21. The van der Waals surface area contributed by atoms with E-state index in [9.17, 15) is 8.42 Å². The summed E-state index contributed by atoms with van der Waals surface area (Å²) >= 11 is 1.48. The number of nitrogens with two attached hydrogens (primary N) is 1. The van der Waals surface area contributed by atoms with E-state index in [1.165, 1.54) is 24.6 Å². The van der Waals surface area contributed by atoms with Crippen LogP contribution in [0.5, 0.6) is 0 Å². The summed E-state index contributed by atoms with van der Waals surface area (Å²) in [6.45, 7) is 3.48. The molecule has 0 aromatic heterocycles. The number of sulfonamides is 1. The number of nitrogens with one attached hydrogen (secondary N) is 1. The average molecular weight is 329 g/mol. The molecule has 118 valence electrons. The molecule has 5 nitrogen and oxygen atoms in total. The highest BCUT2D eigenvalue weighted by molar-refractivity contribution is 8.00. The van der Waals surface area contributed by atoms with E-state index in [0.717, 1.165) is 24.5 Å². The van der Waals surface area contributed by atoms with Crippen LogP contribution in [0, 0.1) is 0 Å². The van der Waals surface area contributed by atoms with Crippen LogP contribution in [0.3, 0.4) is 0 Å². The van der Waals surface area contributed by atoms with Crippen molar-refractivity contribution in [1.82, 2.24) is 9.62 Å². The van der Waals surface area contributed by atoms with Crippen LogP contribution in [0.15, 0.2) is 29.2 Å². The molecule has 1 aromatic carbocycles. The SMILES string of the molecule is Nc1ccccc1SCCS(=O)(=O)NCCN1CCCC1. The lowest BCUT2D eigenvalue weighted by Gasteiger charge is -2.14. The van der Waals surface area contributed by atoms with E-state index in [-0.39, 0.29) is 5.75 Å². The molecule has 0 bridgehead atoms. The molecule has 3 N–H and O–H groups in total. The van der Waals surface area contributed by atoms with Crippen molar-refractivity contribution in [3.8, 4) is 0 Å². The Labute approximate surface area is 131 Å². The van der Waals surface area contributed by atoms with Crippen molar-refractivity contribution in [2.75, 3.05) is 43.4 Å².